The molecule has 1 aromatic carbocycles. The van der Waals surface area contributed by atoms with Crippen LogP contribution in [0.4, 0.5) is 0 Å². The van der Waals surface area contributed by atoms with Crippen molar-refractivity contribution >= 4 is 15.9 Å². The normalized spacial score (nSPS) is 12.4. The molecular weight excluding hydrogens is 282 g/mol. The lowest BCUT2D eigenvalue weighted by atomic mass is 10.2. The Hall–Kier alpha value is -1.46. The second kappa shape index (κ2) is 5.25. The predicted octanol–water partition coefficient (Wildman–Crippen LogP) is 3.08. The van der Waals surface area contributed by atoms with Crippen molar-refractivity contribution in [1.29, 1.82) is 0 Å². The third kappa shape index (κ3) is 2.62. The predicted molar refractivity (Wildman–Crippen MR) is 69.2 cm³/mol. The van der Waals surface area contributed by atoms with E-state index in [2.05, 4.69) is 32.6 Å². The van der Waals surface area contributed by atoms with E-state index in [-0.39, 0.29) is 6.04 Å². The van der Waals surface area contributed by atoms with Gasteiger partial charge in [0.1, 0.15) is 0 Å². The van der Waals surface area contributed by atoms with Gasteiger partial charge in [-0.05, 0) is 18.6 Å². The van der Waals surface area contributed by atoms with Gasteiger partial charge in [0.25, 0.3) is 0 Å². The summed E-state index contributed by atoms with van der Waals surface area (Å²) in [6.07, 6.45) is 2.34. The van der Waals surface area contributed by atoms with Crippen LogP contribution in [0.15, 0.2) is 45.9 Å². The van der Waals surface area contributed by atoms with Gasteiger partial charge in [0.05, 0.1) is 6.04 Å². The lowest BCUT2D eigenvalue weighted by Gasteiger charge is -2.00. The quantitative estimate of drug-likeness (QED) is 0.880. The Labute approximate surface area is 108 Å². The van der Waals surface area contributed by atoms with Crippen LogP contribution in [0, 0.1) is 0 Å². The van der Waals surface area contributed by atoms with Crippen molar-refractivity contribution in [3.63, 3.8) is 0 Å². The Bertz CT molecular complexity index is 524. The molecule has 0 saturated carbocycles. The van der Waals surface area contributed by atoms with Crippen molar-refractivity contribution in [2.75, 3.05) is 0 Å². The minimum absolute atomic E-state index is 0.295. The van der Waals surface area contributed by atoms with E-state index in [1.165, 1.54) is 0 Å². The Balaban J connectivity index is 2.30. The maximum Gasteiger partial charge on any atom is 0.244 e. The molecule has 0 aliphatic carbocycles. The first-order chi connectivity index (χ1) is 8.22. The van der Waals surface area contributed by atoms with E-state index in [0.717, 1.165) is 10.0 Å². The van der Waals surface area contributed by atoms with Crippen molar-refractivity contribution < 1.29 is 4.52 Å². The number of hydrogen-bond acceptors (Lipinski definition) is 4. The van der Waals surface area contributed by atoms with Crippen LogP contribution in [-0.2, 0) is 0 Å². The number of nitrogens with two attached hydrogens (primary N) is 1. The van der Waals surface area contributed by atoms with Gasteiger partial charge >= 0.3 is 0 Å². The minimum atomic E-state index is -0.295. The number of aromatic nitrogens is 2. The molecule has 0 amide bonds. The molecule has 4 nitrogen and oxygen atoms in total. The molecular formula is C12H12BrN3O. The largest absolute Gasteiger partial charge is 0.337 e. The van der Waals surface area contributed by atoms with E-state index >= 15 is 0 Å². The van der Waals surface area contributed by atoms with Gasteiger partial charge in [-0.15, -0.1) is 6.58 Å². The Morgan fingerprint density at radius 1 is 1.47 bits per heavy atom. The zero-order valence-corrected chi connectivity index (χ0v) is 10.7. The van der Waals surface area contributed by atoms with Gasteiger partial charge in [-0.25, -0.2) is 0 Å². The van der Waals surface area contributed by atoms with Crippen LogP contribution in [0.2, 0.25) is 0 Å². The average Bonchev–Trinajstić information content (AvgIpc) is 2.79. The number of benzene rings is 1. The second-order valence-corrected chi connectivity index (χ2v) is 4.42. The molecule has 5 heteroatoms. The van der Waals surface area contributed by atoms with Crippen molar-refractivity contribution in [2.45, 2.75) is 12.5 Å². The van der Waals surface area contributed by atoms with E-state index < -0.39 is 0 Å². The van der Waals surface area contributed by atoms with Crippen LogP contribution >= 0.6 is 15.9 Å². The highest BCUT2D eigenvalue weighted by atomic mass is 79.9. The number of nitrogens with zero attached hydrogens (tertiary/aromatic N) is 2. The highest BCUT2D eigenvalue weighted by Gasteiger charge is 2.15. The van der Waals surface area contributed by atoms with Gasteiger partial charge in [0.15, 0.2) is 0 Å². The van der Waals surface area contributed by atoms with Crippen LogP contribution in [0.25, 0.3) is 11.4 Å². The van der Waals surface area contributed by atoms with Gasteiger partial charge in [0, 0.05) is 10.0 Å². The molecule has 1 heterocycles. The molecule has 0 aliphatic rings. The fourth-order valence-electron chi connectivity index (χ4n) is 1.42. The second-order valence-electron chi connectivity index (χ2n) is 3.57. The Morgan fingerprint density at radius 3 is 2.94 bits per heavy atom. The molecule has 17 heavy (non-hydrogen) atoms. The SMILES string of the molecule is C=CCC(N)c1nc(-c2ccccc2Br)no1. The lowest BCUT2D eigenvalue weighted by molar-refractivity contribution is 0.356. The van der Waals surface area contributed by atoms with Gasteiger partial charge in [0.2, 0.25) is 11.7 Å². The molecule has 1 unspecified atom stereocenters. The first-order valence-corrected chi connectivity index (χ1v) is 5.96. The molecule has 1 aromatic heterocycles. The lowest BCUT2D eigenvalue weighted by Crippen LogP contribution is -2.09. The summed E-state index contributed by atoms with van der Waals surface area (Å²) in [7, 11) is 0. The van der Waals surface area contributed by atoms with E-state index in [0.29, 0.717) is 18.1 Å². The molecule has 2 N–H and O–H groups in total. The highest BCUT2D eigenvalue weighted by molar-refractivity contribution is 9.10. The fourth-order valence-corrected chi connectivity index (χ4v) is 1.88. The molecule has 2 rings (SSSR count). The van der Waals surface area contributed by atoms with Crippen LogP contribution in [-0.4, -0.2) is 10.1 Å². The molecule has 0 fully saturated rings. The van der Waals surface area contributed by atoms with E-state index in [1.807, 2.05) is 24.3 Å². The van der Waals surface area contributed by atoms with Crippen molar-refractivity contribution in [3.8, 4) is 11.4 Å². The highest BCUT2D eigenvalue weighted by Crippen LogP contribution is 2.26. The third-order valence-corrected chi connectivity index (χ3v) is 2.99. The monoisotopic (exact) mass is 293 g/mol. The van der Waals surface area contributed by atoms with Gasteiger partial charge < -0.3 is 10.3 Å². The molecule has 0 aliphatic heterocycles. The molecule has 0 bridgehead atoms. The molecule has 0 saturated heterocycles. The number of halogens is 1. The van der Waals surface area contributed by atoms with E-state index in [1.54, 1.807) is 6.08 Å². The van der Waals surface area contributed by atoms with Crippen molar-refractivity contribution in [1.82, 2.24) is 10.1 Å². The maximum absolute atomic E-state index is 5.86. The van der Waals surface area contributed by atoms with Crippen LogP contribution in [0.1, 0.15) is 18.4 Å². The molecule has 2 aromatic rings. The van der Waals surface area contributed by atoms with Gasteiger partial charge in [-0.1, -0.05) is 39.3 Å². The first-order valence-electron chi connectivity index (χ1n) is 5.17. The Morgan fingerprint density at radius 2 is 2.24 bits per heavy atom. The molecule has 1 atom stereocenters. The maximum atomic E-state index is 5.86. The Kier molecular flexibility index (Phi) is 3.71. The summed E-state index contributed by atoms with van der Waals surface area (Å²) >= 11 is 3.44. The topological polar surface area (TPSA) is 64.9 Å². The summed E-state index contributed by atoms with van der Waals surface area (Å²) in [5, 5.41) is 3.92. The summed E-state index contributed by atoms with van der Waals surface area (Å²) in [5.74, 6) is 0.961. The standard InChI is InChI=1S/C12H12BrN3O/c1-2-5-10(14)12-15-11(16-17-12)8-6-3-4-7-9(8)13/h2-4,6-7,10H,1,5,14H2. The summed E-state index contributed by atoms with van der Waals surface area (Å²) in [6.45, 7) is 3.63. The fraction of sp³-hybridized carbons (Fsp3) is 0.167. The number of hydrogen-bond donors (Lipinski definition) is 1. The third-order valence-electron chi connectivity index (χ3n) is 2.29. The van der Waals surface area contributed by atoms with Crippen LogP contribution < -0.4 is 5.73 Å². The van der Waals surface area contributed by atoms with Crippen molar-refractivity contribution in [2.24, 2.45) is 5.73 Å². The zero-order chi connectivity index (χ0) is 12.3. The van der Waals surface area contributed by atoms with Crippen LogP contribution in [0.5, 0.6) is 0 Å². The van der Waals surface area contributed by atoms with Crippen molar-refractivity contribution in [3.05, 3.63) is 47.3 Å². The molecule has 0 spiro atoms. The summed E-state index contributed by atoms with van der Waals surface area (Å²) < 4.78 is 6.05. The minimum Gasteiger partial charge on any atom is -0.337 e. The number of rotatable bonds is 4. The molecule has 88 valence electrons. The summed E-state index contributed by atoms with van der Waals surface area (Å²) in [6, 6.07) is 7.39. The van der Waals surface area contributed by atoms with E-state index in [9.17, 15) is 0 Å². The smallest absolute Gasteiger partial charge is 0.244 e. The molecule has 0 radical (unpaired) electrons. The van der Waals surface area contributed by atoms with E-state index in [4.69, 9.17) is 10.3 Å². The first kappa shape index (κ1) is 12.0. The zero-order valence-electron chi connectivity index (χ0n) is 9.14. The summed E-state index contributed by atoms with van der Waals surface area (Å²) in [4.78, 5) is 4.28. The van der Waals surface area contributed by atoms with Crippen LogP contribution in [0.3, 0.4) is 0 Å². The summed E-state index contributed by atoms with van der Waals surface area (Å²) in [5.41, 5.74) is 6.74. The van der Waals surface area contributed by atoms with Gasteiger partial charge in [-0.3, -0.25) is 0 Å². The average molecular weight is 294 g/mol. The van der Waals surface area contributed by atoms with Gasteiger partial charge in [-0.2, -0.15) is 4.98 Å².